The minimum absolute atomic E-state index is 0.157. The van der Waals surface area contributed by atoms with Crippen LogP contribution in [0.25, 0.3) is 0 Å². The van der Waals surface area contributed by atoms with Crippen LogP contribution in [0.2, 0.25) is 0 Å². The van der Waals surface area contributed by atoms with Crippen molar-refractivity contribution in [3.63, 3.8) is 0 Å². The molecule has 1 aliphatic carbocycles. The Balaban J connectivity index is 1.91. The molecule has 1 saturated carbocycles. The topological polar surface area (TPSA) is 24.1 Å². The summed E-state index contributed by atoms with van der Waals surface area (Å²) in [5, 5.41) is 6.80. The van der Waals surface area contributed by atoms with Gasteiger partial charge in [0.25, 0.3) is 0 Å². The van der Waals surface area contributed by atoms with Crippen molar-refractivity contribution in [1.29, 1.82) is 0 Å². The van der Waals surface area contributed by atoms with Crippen LogP contribution < -0.4 is 10.6 Å². The van der Waals surface area contributed by atoms with Crippen LogP contribution in [0.4, 0.5) is 15.8 Å². The van der Waals surface area contributed by atoms with Gasteiger partial charge in [-0.2, -0.15) is 0 Å². The highest BCUT2D eigenvalue weighted by molar-refractivity contribution is 5.72. The van der Waals surface area contributed by atoms with Gasteiger partial charge in [-0.15, -0.1) is 0 Å². The van der Waals surface area contributed by atoms with Crippen molar-refractivity contribution < 1.29 is 4.39 Å². The third-order valence-electron chi connectivity index (χ3n) is 3.83. The predicted molar refractivity (Wildman–Crippen MR) is 64.3 cm³/mol. The second-order valence-corrected chi connectivity index (χ2v) is 4.98. The van der Waals surface area contributed by atoms with E-state index in [0.717, 1.165) is 12.2 Å². The third kappa shape index (κ3) is 1.55. The van der Waals surface area contributed by atoms with E-state index in [1.165, 1.54) is 38.2 Å². The Morgan fingerprint density at radius 2 is 1.94 bits per heavy atom. The Kier molecular flexibility index (Phi) is 2.27. The lowest BCUT2D eigenvalue weighted by Gasteiger charge is -2.43. The number of hydrogen-bond donors (Lipinski definition) is 2. The van der Waals surface area contributed by atoms with Crippen LogP contribution in [0.15, 0.2) is 18.2 Å². The van der Waals surface area contributed by atoms with E-state index in [0.29, 0.717) is 5.69 Å². The molecule has 0 atom stereocenters. The molecule has 86 valence electrons. The molecule has 1 aromatic rings. The molecule has 3 rings (SSSR count). The van der Waals surface area contributed by atoms with Crippen molar-refractivity contribution in [2.45, 2.75) is 37.6 Å². The second kappa shape index (κ2) is 3.65. The Bertz CT molecular complexity index is 397. The third-order valence-corrected chi connectivity index (χ3v) is 3.83. The summed E-state index contributed by atoms with van der Waals surface area (Å²) in [5.74, 6) is -0.157. The molecule has 1 fully saturated rings. The average Bonchev–Trinajstić information content (AvgIpc) is 2.30. The molecule has 0 unspecified atom stereocenters. The molecular formula is C13H17FN2. The molecule has 2 N–H and O–H groups in total. The molecule has 0 aromatic heterocycles. The SMILES string of the molecule is Fc1cccc2c1NCC1(CCCCC1)N2. The maximum Gasteiger partial charge on any atom is 0.148 e. The van der Waals surface area contributed by atoms with E-state index in [1.807, 2.05) is 6.07 Å². The normalized spacial score (nSPS) is 22.1. The number of hydrogen-bond acceptors (Lipinski definition) is 2. The fraction of sp³-hybridized carbons (Fsp3) is 0.538. The summed E-state index contributed by atoms with van der Waals surface area (Å²) in [4.78, 5) is 0. The maximum atomic E-state index is 13.5. The van der Waals surface area contributed by atoms with Crippen LogP contribution in [0.5, 0.6) is 0 Å². The highest BCUT2D eigenvalue weighted by Crippen LogP contribution is 2.38. The van der Waals surface area contributed by atoms with Gasteiger partial charge in [-0.05, 0) is 25.0 Å². The van der Waals surface area contributed by atoms with Gasteiger partial charge in [-0.25, -0.2) is 4.39 Å². The van der Waals surface area contributed by atoms with Crippen molar-refractivity contribution in [3.8, 4) is 0 Å². The summed E-state index contributed by atoms with van der Waals surface area (Å²) >= 11 is 0. The van der Waals surface area contributed by atoms with Crippen molar-refractivity contribution in [3.05, 3.63) is 24.0 Å². The summed E-state index contributed by atoms with van der Waals surface area (Å²) < 4.78 is 13.5. The first-order valence-corrected chi connectivity index (χ1v) is 6.10. The van der Waals surface area contributed by atoms with Gasteiger partial charge >= 0.3 is 0 Å². The number of rotatable bonds is 0. The maximum absolute atomic E-state index is 13.5. The first-order valence-electron chi connectivity index (χ1n) is 6.10. The number of nitrogens with one attached hydrogen (secondary N) is 2. The average molecular weight is 220 g/mol. The van der Waals surface area contributed by atoms with Gasteiger partial charge in [0.15, 0.2) is 0 Å². The molecule has 0 bridgehead atoms. The van der Waals surface area contributed by atoms with Crippen LogP contribution >= 0.6 is 0 Å². The zero-order valence-corrected chi connectivity index (χ0v) is 9.35. The first-order chi connectivity index (χ1) is 7.79. The number of fused-ring (bicyclic) bond motifs is 1. The van der Waals surface area contributed by atoms with Crippen molar-refractivity contribution >= 4 is 11.4 Å². The molecule has 1 spiro atoms. The van der Waals surface area contributed by atoms with Crippen LogP contribution in [0.3, 0.4) is 0 Å². The Labute approximate surface area is 95.2 Å². The lowest BCUT2D eigenvalue weighted by atomic mass is 9.80. The Morgan fingerprint density at radius 3 is 2.75 bits per heavy atom. The van der Waals surface area contributed by atoms with Gasteiger partial charge in [-0.3, -0.25) is 0 Å². The Morgan fingerprint density at radius 1 is 1.12 bits per heavy atom. The standard InChI is InChI=1S/C13H17FN2/c14-10-5-4-6-11-12(10)15-9-13(16-11)7-2-1-3-8-13/h4-6,15-16H,1-3,7-9H2. The van der Waals surface area contributed by atoms with Gasteiger partial charge < -0.3 is 10.6 Å². The van der Waals surface area contributed by atoms with E-state index in [1.54, 1.807) is 6.07 Å². The van der Waals surface area contributed by atoms with E-state index < -0.39 is 0 Å². The molecule has 1 aliphatic heterocycles. The van der Waals surface area contributed by atoms with Crippen LogP contribution in [0.1, 0.15) is 32.1 Å². The summed E-state index contributed by atoms with van der Waals surface area (Å²) in [7, 11) is 0. The summed E-state index contributed by atoms with van der Waals surface area (Å²) in [6.07, 6.45) is 6.27. The molecule has 0 saturated heterocycles. The Hall–Kier alpha value is -1.25. The van der Waals surface area contributed by atoms with Gasteiger partial charge in [-0.1, -0.05) is 25.3 Å². The molecule has 0 amide bonds. The van der Waals surface area contributed by atoms with Crippen LogP contribution in [-0.4, -0.2) is 12.1 Å². The highest BCUT2D eigenvalue weighted by atomic mass is 19.1. The molecule has 1 aromatic carbocycles. The number of halogens is 1. The molecule has 1 heterocycles. The second-order valence-electron chi connectivity index (χ2n) is 4.98. The van der Waals surface area contributed by atoms with Crippen LogP contribution in [0, 0.1) is 5.82 Å². The smallest absolute Gasteiger partial charge is 0.148 e. The zero-order valence-electron chi connectivity index (χ0n) is 9.35. The van der Waals surface area contributed by atoms with E-state index in [-0.39, 0.29) is 11.4 Å². The molecule has 0 radical (unpaired) electrons. The largest absolute Gasteiger partial charge is 0.379 e. The van der Waals surface area contributed by atoms with E-state index in [4.69, 9.17) is 0 Å². The quantitative estimate of drug-likeness (QED) is 0.700. The van der Waals surface area contributed by atoms with Crippen LogP contribution in [-0.2, 0) is 0 Å². The monoisotopic (exact) mass is 220 g/mol. The number of anilines is 2. The molecule has 2 nitrogen and oxygen atoms in total. The fourth-order valence-electron chi connectivity index (χ4n) is 2.93. The van der Waals surface area contributed by atoms with Gasteiger partial charge in [0.1, 0.15) is 5.82 Å². The predicted octanol–water partition coefficient (Wildman–Crippen LogP) is 3.37. The van der Waals surface area contributed by atoms with Crippen molar-refractivity contribution in [2.24, 2.45) is 0 Å². The summed E-state index contributed by atoms with van der Waals surface area (Å²) in [5.41, 5.74) is 1.73. The van der Waals surface area contributed by atoms with Gasteiger partial charge in [0.05, 0.1) is 16.9 Å². The minimum Gasteiger partial charge on any atom is -0.379 e. The number of para-hydroxylation sites is 1. The van der Waals surface area contributed by atoms with Gasteiger partial charge in [0.2, 0.25) is 0 Å². The van der Waals surface area contributed by atoms with Gasteiger partial charge in [0, 0.05) is 6.54 Å². The molecular weight excluding hydrogens is 203 g/mol. The van der Waals surface area contributed by atoms with Crippen molar-refractivity contribution in [2.75, 3.05) is 17.2 Å². The minimum atomic E-state index is -0.157. The van der Waals surface area contributed by atoms with E-state index in [2.05, 4.69) is 10.6 Å². The zero-order chi connectivity index (χ0) is 11.0. The summed E-state index contributed by atoms with van der Waals surface area (Å²) in [6, 6.07) is 5.23. The first kappa shape index (κ1) is 9.94. The van der Waals surface area contributed by atoms with E-state index in [9.17, 15) is 4.39 Å². The fourth-order valence-corrected chi connectivity index (χ4v) is 2.93. The lowest BCUT2D eigenvalue weighted by molar-refractivity contribution is 0.334. The number of benzene rings is 1. The molecule has 16 heavy (non-hydrogen) atoms. The summed E-state index contributed by atoms with van der Waals surface area (Å²) in [6.45, 7) is 0.848. The van der Waals surface area contributed by atoms with E-state index >= 15 is 0 Å². The lowest BCUT2D eigenvalue weighted by Crippen LogP contribution is -2.49. The molecule has 2 aliphatic rings. The molecule has 3 heteroatoms. The highest BCUT2D eigenvalue weighted by Gasteiger charge is 2.35. The van der Waals surface area contributed by atoms with Crippen molar-refractivity contribution in [1.82, 2.24) is 0 Å².